The molecule has 0 radical (unpaired) electrons. The molecular formula is C13H19NO4. The van der Waals surface area contributed by atoms with Gasteiger partial charge < -0.3 is 19.9 Å². The lowest BCUT2D eigenvalue weighted by atomic mass is 10.1. The molecule has 0 heterocycles. The van der Waals surface area contributed by atoms with Crippen molar-refractivity contribution in [1.82, 2.24) is 0 Å². The van der Waals surface area contributed by atoms with Crippen LogP contribution in [0.2, 0.25) is 0 Å². The van der Waals surface area contributed by atoms with Gasteiger partial charge in [0.25, 0.3) is 0 Å². The Balaban J connectivity index is 2.64. The van der Waals surface area contributed by atoms with Gasteiger partial charge in [-0.15, -0.1) is 0 Å². The molecule has 0 aliphatic heterocycles. The number of hydrogen-bond donors (Lipinski definition) is 1. The van der Waals surface area contributed by atoms with Crippen LogP contribution in [0.4, 0.5) is 5.69 Å². The molecule has 0 saturated heterocycles. The van der Waals surface area contributed by atoms with E-state index in [2.05, 4.69) is 0 Å². The van der Waals surface area contributed by atoms with E-state index in [-0.39, 0.29) is 0 Å². The normalized spacial score (nSPS) is 10.3. The minimum Gasteiger partial charge on any atom is -0.465 e. The first kappa shape index (κ1) is 14.5. The minimum absolute atomic E-state index is 0.333. The van der Waals surface area contributed by atoms with Gasteiger partial charge in [0.2, 0.25) is 0 Å². The summed E-state index contributed by atoms with van der Waals surface area (Å²) < 4.78 is 15.1. The highest BCUT2D eigenvalue weighted by Crippen LogP contribution is 2.19. The minimum atomic E-state index is -0.441. The Hall–Kier alpha value is -1.59. The van der Waals surface area contributed by atoms with Gasteiger partial charge in [-0.2, -0.15) is 0 Å². The van der Waals surface area contributed by atoms with Gasteiger partial charge in [-0.1, -0.05) is 12.1 Å². The summed E-state index contributed by atoms with van der Waals surface area (Å²) in [5.74, 6) is -0.441. The molecule has 100 valence electrons. The van der Waals surface area contributed by atoms with Crippen molar-refractivity contribution in [1.29, 1.82) is 0 Å². The first-order valence-corrected chi connectivity index (χ1v) is 5.73. The predicted molar refractivity (Wildman–Crippen MR) is 68.3 cm³/mol. The topological polar surface area (TPSA) is 70.8 Å². The zero-order chi connectivity index (χ0) is 13.4. The molecule has 0 bridgehead atoms. The summed E-state index contributed by atoms with van der Waals surface area (Å²) in [6.45, 7) is 1.56. The molecule has 0 aliphatic carbocycles. The molecule has 0 amide bonds. The molecule has 5 nitrogen and oxygen atoms in total. The number of nitrogens with two attached hydrogens (primary N) is 1. The van der Waals surface area contributed by atoms with Crippen molar-refractivity contribution in [2.24, 2.45) is 0 Å². The second-order valence-electron chi connectivity index (χ2n) is 3.77. The summed E-state index contributed by atoms with van der Waals surface area (Å²) in [5.41, 5.74) is 7.29. The summed E-state index contributed by atoms with van der Waals surface area (Å²) >= 11 is 0. The number of methoxy groups -OCH3 is 2. The maximum Gasteiger partial charge on any atom is 0.340 e. The quantitative estimate of drug-likeness (QED) is 0.454. The number of nitrogen functional groups attached to an aromatic ring is 1. The average molecular weight is 253 g/mol. The van der Waals surface area contributed by atoms with Crippen LogP contribution in [0, 0.1) is 0 Å². The number of hydrogen-bond acceptors (Lipinski definition) is 5. The fourth-order valence-electron chi connectivity index (χ4n) is 1.58. The van der Waals surface area contributed by atoms with Crippen molar-refractivity contribution in [3.8, 4) is 0 Å². The van der Waals surface area contributed by atoms with Gasteiger partial charge in [-0.3, -0.25) is 0 Å². The fraction of sp³-hybridized carbons (Fsp3) is 0.462. The van der Waals surface area contributed by atoms with Crippen molar-refractivity contribution < 1.29 is 19.0 Å². The van der Waals surface area contributed by atoms with E-state index in [0.29, 0.717) is 31.1 Å². The van der Waals surface area contributed by atoms with Crippen molar-refractivity contribution in [2.75, 3.05) is 33.2 Å². The van der Waals surface area contributed by atoms with E-state index in [1.54, 1.807) is 25.3 Å². The first-order chi connectivity index (χ1) is 8.70. The smallest absolute Gasteiger partial charge is 0.340 e. The number of anilines is 1. The van der Waals surface area contributed by atoms with Gasteiger partial charge in [0.15, 0.2) is 0 Å². The number of rotatable bonds is 7. The first-order valence-electron chi connectivity index (χ1n) is 5.73. The Bertz CT molecular complexity index is 393. The lowest BCUT2D eigenvalue weighted by molar-refractivity contribution is 0.0590. The van der Waals surface area contributed by atoms with Gasteiger partial charge in [0.1, 0.15) is 0 Å². The highest BCUT2D eigenvalue weighted by Gasteiger charge is 2.15. The van der Waals surface area contributed by atoms with Crippen molar-refractivity contribution in [2.45, 2.75) is 13.0 Å². The van der Waals surface area contributed by atoms with Crippen LogP contribution in [-0.2, 0) is 20.8 Å². The maximum absolute atomic E-state index is 11.6. The van der Waals surface area contributed by atoms with E-state index < -0.39 is 5.97 Å². The van der Waals surface area contributed by atoms with E-state index in [1.165, 1.54) is 7.11 Å². The van der Waals surface area contributed by atoms with Crippen LogP contribution in [0.1, 0.15) is 22.3 Å². The fourth-order valence-corrected chi connectivity index (χ4v) is 1.58. The number of esters is 1. The highest BCUT2D eigenvalue weighted by molar-refractivity contribution is 5.96. The Morgan fingerprint density at radius 3 is 2.72 bits per heavy atom. The van der Waals surface area contributed by atoms with Gasteiger partial charge in [0.05, 0.1) is 19.3 Å². The summed E-state index contributed by atoms with van der Waals surface area (Å²) in [6.07, 6.45) is 0.812. The third-order valence-corrected chi connectivity index (χ3v) is 2.47. The Morgan fingerprint density at radius 2 is 2.06 bits per heavy atom. The predicted octanol–water partition coefficient (Wildman–Crippen LogP) is 1.61. The largest absolute Gasteiger partial charge is 0.465 e. The average Bonchev–Trinajstić information content (AvgIpc) is 2.38. The monoisotopic (exact) mass is 253 g/mol. The summed E-state index contributed by atoms with van der Waals surface area (Å²) in [6, 6.07) is 5.26. The van der Waals surface area contributed by atoms with E-state index in [1.807, 2.05) is 0 Å². The van der Waals surface area contributed by atoms with E-state index in [0.717, 1.165) is 12.0 Å². The molecule has 0 unspecified atom stereocenters. The van der Waals surface area contributed by atoms with Crippen LogP contribution in [-0.4, -0.2) is 33.4 Å². The molecule has 1 rings (SSSR count). The van der Waals surface area contributed by atoms with Gasteiger partial charge in [-0.05, 0) is 18.1 Å². The van der Waals surface area contributed by atoms with Gasteiger partial charge in [-0.25, -0.2) is 4.79 Å². The number of carbonyl (C=O) groups is 1. The molecule has 5 heteroatoms. The summed E-state index contributed by atoms with van der Waals surface area (Å²) in [4.78, 5) is 11.6. The molecule has 0 spiro atoms. The number of benzene rings is 1. The SMILES string of the molecule is COCCCOCc1cccc(N)c1C(=O)OC. The Kier molecular flexibility index (Phi) is 6.18. The van der Waals surface area contributed by atoms with Crippen LogP contribution in [0.15, 0.2) is 18.2 Å². The Labute approximate surface area is 107 Å². The van der Waals surface area contributed by atoms with Gasteiger partial charge >= 0.3 is 5.97 Å². The molecule has 2 N–H and O–H groups in total. The third-order valence-electron chi connectivity index (χ3n) is 2.47. The van der Waals surface area contributed by atoms with Crippen LogP contribution in [0.3, 0.4) is 0 Å². The number of ether oxygens (including phenoxy) is 3. The molecule has 0 aromatic heterocycles. The van der Waals surface area contributed by atoms with Crippen molar-refractivity contribution in [3.63, 3.8) is 0 Å². The van der Waals surface area contributed by atoms with E-state index in [4.69, 9.17) is 19.9 Å². The van der Waals surface area contributed by atoms with Crippen LogP contribution < -0.4 is 5.73 Å². The zero-order valence-corrected chi connectivity index (χ0v) is 10.8. The molecule has 1 aromatic carbocycles. The molecule has 18 heavy (non-hydrogen) atoms. The third kappa shape index (κ3) is 4.01. The van der Waals surface area contributed by atoms with E-state index in [9.17, 15) is 4.79 Å². The molecule has 1 aromatic rings. The standard InChI is InChI=1S/C13H19NO4/c1-16-7-4-8-18-9-10-5-3-6-11(14)12(10)13(15)17-2/h3,5-6H,4,7-9,14H2,1-2H3. The van der Waals surface area contributed by atoms with Crippen LogP contribution >= 0.6 is 0 Å². The second-order valence-corrected chi connectivity index (χ2v) is 3.77. The lowest BCUT2D eigenvalue weighted by Crippen LogP contribution is -2.11. The van der Waals surface area contributed by atoms with Crippen LogP contribution in [0.5, 0.6) is 0 Å². The maximum atomic E-state index is 11.6. The van der Waals surface area contributed by atoms with Crippen molar-refractivity contribution >= 4 is 11.7 Å². The molecule has 0 aliphatic rings. The van der Waals surface area contributed by atoms with Crippen molar-refractivity contribution in [3.05, 3.63) is 29.3 Å². The van der Waals surface area contributed by atoms with Crippen LogP contribution in [0.25, 0.3) is 0 Å². The number of carbonyl (C=O) groups excluding carboxylic acids is 1. The second kappa shape index (κ2) is 7.68. The lowest BCUT2D eigenvalue weighted by Gasteiger charge is -2.10. The highest BCUT2D eigenvalue weighted by atomic mass is 16.5. The zero-order valence-electron chi connectivity index (χ0n) is 10.8. The summed E-state index contributed by atoms with van der Waals surface area (Å²) in [5, 5.41) is 0. The summed E-state index contributed by atoms with van der Waals surface area (Å²) in [7, 11) is 2.98. The molecule has 0 saturated carbocycles. The van der Waals surface area contributed by atoms with E-state index >= 15 is 0 Å². The molecule has 0 fully saturated rings. The molecule has 0 atom stereocenters. The van der Waals surface area contributed by atoms with Gasteiger partial charge in [0, 0.05) is 26.0 Å². The Morgan fingerprint density at radius 1 is 1.28 bits per heavy atom. The molecular weight excluding hydrogens is 234 g/mol.